The second kappa shape index (κ2) is 3.12. The summed E-state index contributed by atoms with van der Waals surface area (Å²) in [6.07, 6.45) is -0.927. The molecule has 1 aromatic rings. The monoisotopic (exact) mass is 242 g/mol. The number of rotatable bonds is 2. The molecule has 0 saturated carbocycles. The zero-order chi connectivity index (χ0) is 9.42. The molecule has 1 aliphatic rings. The van der Waals surface area contributed by atoms with E-state index in [1.54, 1.807) is 0 Å². The molecule has 1 N–H and O–H groups in total. The van der Waals surface area contributed by atoms with Crippen LogP contribution in [-0.2, 0) is 9.53 Å². The quantitative estimate of drug-likeness (QED) is 0.808. The molecule has 1 heterocycles. The number of hydrogen-bond donors (Lipinski definition) is 1. The Labute approximate surface area is 83.5 Å². The minimum atomic E-state index is -0.898. The van der Waals surface area contributed by atoms with Crippen LogP contribution in [0.1, 0.15) is 11.7 Å². The molecule has 3 nitrogen and oxygen atoms in total. The first kappa shape index (κ1) is 8.72. The van der Waals surface area contributed by atoms with E-state index in [0.29, 0.717) is 0 Å². The molecule has 2 unspecified atom stereocenters. The highest BCUT2D eigenvalue weighted by Gasteiger charge is 2.46. The maximum atomic E-state index is 10.5. The van der Waals surface area contributed by atoms with Crippen molar-refractivity contribution in [1.82, 2.24) is 0 Å². The molecule has 0 bridgehead atoms. The average molecular weight is 243 g/mol. The molecule has 2 atom stereocenters. The van der Waals surface area contributed by atoms with Gasteiger partial charge in [0.05, 0.1) is 0 Å². The molecule has 4 heteroatoms. The van der Waals surface area contributed by atoms with Crippen molar-refractivity contribution in [1.29, 1.82) is 0 Å². The largest absolute Gasteiger partial charge is 0.479 e. The van der Waals surface area contributed by atoms with E-state index in [2.05, 4.69) is 15.9 Å². The van der Waals surface area contributed by atoms with Crippen molar-refractivity contribution in [2.24, 2.45) is 0 Å². The third-order valence-electron chi connectivity index (χ3n) is 1.91. The van der Waals surface area contributed by atoms with Crippen LogP contribution in [0.25, 0.3) is 0 Å². The van der Waals surface area contributed by atoms with Crippen molar-refractivity contribution in [3.05, 3.63) is 34.3 Å². The number of carboxylic acids is 1. The lowest BCUT2D eigenvalue weighted by Gasteiger charge is -1.95. The Bertz CT molecular complexity index is 350. The van der Waals surface area contributed by atoms with Gasteiger partial charge in [-0.15, -0.1) is 0 Å². The van der Waals surface area contributed by atoms with Gasteiger partial charge < -0.3 is 9.84 Å². The summed E-state index contributed by atoms with van der Waals surface area (Å²) in [5.41, 5.74) is 0.904. The van der Waals surface area contributed by atoms with Gasteiger partial charge >= 0.3 is 5.97 Å². The first-order chi connectivity index (χ1) is 6.18. The number of hydrogen-bond acceptors (Lipinski definition) is 2. The summed E-state index contributed by atoms with van der Waals surface area (Å²) in [5, 5.41) is 8.62. The Kier molecular flexibility index (Phi) is 2.09. The minimum absolute atomic E-state index is 0.269. The molecule has 0 spiro atoms. The van der Waals surface area contributed by atoms with E-state index in [1.165, 1.54) is 0 Å². The average Bonchev–Trinajstić information content (AvgIpc) is 2.82. The van der Waals surface area contributed by atoms with Gasteiger partial charge in [0.2, 0.25) is 0 Å². The Morgan fingerprint density at radius 1 is 1.54 bits per heavy atom. The van der Waals surface area contributed by atoms with Crippen LogP contribution >= 0.6 is 15.9 Å². The molecule has 68 valence electrons. The predicted molar refractivity (Wildman–Crippen MR) is 49.4 cm³/mol. The number of benzene rings is 1. The van der Waals surface area contributed by atoms with Crippen molar-refractivity contribution in [2.75, 3.05) is 0 Å². The summed E-state index contributed by atoms with van der Waals surface area (Å²) in [6, 6.07) is 7.48. The van der Waals surface area contributed by atoms with Gasteiger partial charge in [0.25, 0.3) is 0 Å². The van der Waals surface area contributed by atoms with Gasteiger partial charge in [-0.1, -0.05) is 28.1 Å². The molecule has 1 fully saturated rings. The third kappa shape index (κ3) is 1.73. The smallest absolute Gasteiger partial charge is 0.335 e. The molecular weight excluding hydrogens is 236 g/mol. The normalized spacial score (nSPS) is 25.6. The van der Waals surface area contributed by atoms with Gasteiger partial charge in [-0.05, 0) is 17.7 Å². The maximum Gasteiger partial charge on any atom is 0.335 e. The van der Waals surface area contributed by atoms with Crippen LogP contribution < -0.4 is 0 Å². The Morgan fingerprint density at radius 3 is 2.85 bits per heavy atom. The molecule has 0 aromatic heterocycles. The summed E-state index contributed by atoms with van der Waals surface area (Å²) in [6.45, 7) is 0. The first-order valence-electron chi connectivity index (χ1n) is 3.82. The van der Waals surface area contributed by atoms with Crippen molar-refractivity contribution < 1.29 is 14.6 Å². The summed E-state index contributed by atoms with van der Waals surface area (Å²) < 4.78 is 5.93. The highest BCUT2D eigenvalue weighted by Crippen LogP contribution is 2.39. The van der Waals surface area contributed by atoms with Gasteiger partial charge in [-0.3, -0.25) is 0 Å². The number of aliphatic carboxylic acids is 1. The van der Waals surface area contributed by atoms with E-state index < -0.39 is 12.1 Å². The molecule has 13 heavy (non-hydrogen) atoms. The van der Waals surface area contributed by atoms with Crippen LogP contribution in [0, 0.1) is 0 Å². The van der Waals surface area contributed by atoms with Crippen LogP contribution in [0.2, 0.25) is 0 Å². The fourth-order valence-corrected chi connectivity index (χ4v) is 1.65. The fourth-order valence-electron chi connectivity index (χ4n) is 1.24. The predicted octanol–water partition coefficient (Wildman–Crippen LogP) is 1.97. The van der Waals surface area contributed by atoms with E-state index in [1.807, 2.05) is 24.3 Å². The number of halogens is 1. The van der Waals surface area contributed by atoms with Crippen LogP contribution in [0.4, 0.5) is 0 Å². The van der Waals surface area contributed by atoms with E-state index in [0.717, 1.165) is 10.0 Å². The van der Waals surface area contributed by atoms with Crippen LogP contribution in [0.15, 0.2) is 28.7 Å². The van der Waals surface area contributed by atoms with Gasteiger partial charge in [0.1, 0.15) is 6.10 Å². The molecule has 0 radical (unpaired) electrons. The second-order valence-electron chi connectivity index (χ2n) is 2.87. The maximum absolute atomic E-state index is 10.5. The van der Waals surface area contributed by atoms with Crippen molar-refractivity contribution in [3.8, 4) is 0 Å². The first-order valence-corrected chi connectivity index (χ1v) is 4.61. The zero-order valence-corrected chi connectivity index (χ0v) is 8.19. The van der Waals surface area contributed by atoms with Crippen molar-refractivity contribution in [2.45, 2.75) is 12.2 Å². The standard InChI is InChI=1S/C9H7BrO3/c10-6-3-1-2-5(4-6)7-8(13-7)9(11)12/h1-4,7-8H,(H,11,12). The van der Waals surface area contributed by atoms with E-state index >= 15 is 0 Å². The van der Waals surface area contributed by atoms with Gasteiger partial charge in [0, 0.05) is 4.47 Å². The summed E-state index contributed by atoms with van der Waals surface area (Å²) >= 11 is 3.31. The van der Waals surface area contributed by atoms with E-state index in [9.17, 15) is 4.79 Å². The van der Waals surface area contributed by atoms with Gasteiger partial charge in [0.15, 0.2) is 6.10 Å². The van der Waals surface area contributed by atoms with Crippen LogP contribution in [0.5, 0.6) is 0 Å². The third-order valence-corrected chi connectivity index (χ3v) is 2.41. The van der Waals surface area contributed by atoms with Crippen molar-refractivity contribution >= 4 is 21.9 Å². The molecule has 1 saturated heterocycles. The number of carboxylic acid groups (broad SMARTS) is 1. The molecular formula is C9H7BrO3. The minimum Gasteiger partial charge on any atom is -0.479 e. The fraction of sp³-hybridized carbons (Fsp3) is 0.222. The second-order valence-corrected chi connectivity index (χ2v) is 3.79. The highest BCUT2D eigenvalue weighted by atomic mass is 79.9. The number of ether oxygens (including phenoxy) is 1. The SMILES string of the molecule is O=C(O)C1OC1c1cccc(Br)c1. The van der Waals surface area contributed by atoms with Crippen LogP contribution in [0.3, 0.4) is 0 Å². The Hall–Kier alpha value is -0.870. The summed E-state index contributed by atoms with van der Waals surface area (Å²) in [5.74, 6) is -0.898. The molecule has 0 aliphatic carbocycles. The molecule has 0 amide bonds. The molecule has 1 aromatic carbocycles. The molecule has 2 rings (SSSR count). The highest BCUT2D eigenvalue weighted by molar-refractivity contribution is 9.10. The Morgan fingerprint density at radius 2 is 2.31 bits per heavy atom. The van der Waals surface area contributed by atoms with Gasteiger partial charge in [-0.2, -0.15) is 0 Å². The lowest BCUT2D eigenvalue weighted by Crippen LogP contribution is -2.04. The zero-order valence-electron chi connectivity index (χ0n) is 6.61. The number of carbonyl (C=O) groups is 1. The Balaban J connectivity index is 2.16. The lowest BCUT2D eigenvalue weighted by atomic mass is 10.1. The van der Waals surface area contributed by atoms with Crippen molar-refractivity contribution in [3.63, 3.8) is 0 Å². The summed E-state index contributed by atoms with van der Waals surface area (Å²) in [7, 11) is 0. The number of epoxide rings is 1. The van der Waals surface area contributed by atoms with Gasteiger partial charge in [-0.25, -0.2) is 4.79 Å². The molecule has 1 aliphatic heterocycles. The van der Waals surface area contributed by atoms with E-state index in [4.69, 9.17) is 9.84 Å². The van der Waals surface area contributed by atoms with E-state index in [-0.39, 0.29) is 6.10 Å². The lowest BCUT2D eigenvalue weighted by molar-refractivity contribution is -0.138. The van der Waals surface area contributed by atoms with Crippen LogP contribution in [-0.4, -0.2) is 17.2 Å². The summed E-state index contributed by atoms with van der Waals surface area (Å²) in [4.78, 5) is 10.5. The topological polar surface area (TPSA) is 49.8 Å².